The molecule has 34 heavy (non-hydrogen) atoms. The van der Waals surface area contributed by atoms with Crippen LogP contribution in [0.3, 0.4) is 0 Å². The van der Waals surface area contributed by atoms with Crippen molar-refractivity contribution in [3.05, 3.63) is 35.4 Å². The standard InChI is InChI=1S/C29H42N2O3/c1-20(2)28(33)27(22-8-4-3-5-9-22)30-29(34)24-11-6-10-23(18-24)25-12-7-17-31(19-25)26(32)16-15-21-13-14-21/h6,10-11,18,20-22,25,27H,3-5,7-9,12-17,19H2,1-2H3,(H,30,34)/t25?,27-/m1/s1. The van der Waals surface area contributed by atoms with Crippen LogP contribution in [0.2, 0.25) is 0 Å². The molecule has 1 aliphatic heterocycles. The smallest absolute Gasteiger partial charge is 0.251 e. The molecule has 1 unspecified atom stereocenters. The average Bonchev–Trinajstić information content (AvgIpc) is 3.70. The molecule has 186 valence electrons. The fraction of sp³-hybridized carbons (Fsp3) is 0.690. The number of carbonyl (C=O) groups is 3. The van der Waals surface area contributed by atoms with E-state index in [0.717, 1.165) is 69.5 Å². The van der Waals surface area contributed by atoms with Crippen LogP contribution in [0.1, 0.15) is 106 Å². The Morgan fingerprint density at radius 2 is 1.76 bits per heavy atom. The van der Waals surface area contributed by atoms with Gasteiger partial charge < -0.3 is 10.2 Å². The number of piperidine rings is 1. The summed E-state index contributed by atoms with van der Waals surface area (Å²) in [5.74, 6) is 1.46. The first-order chi connectivity index (χ1) is 16.4. The van der Waals surface area contributed by atoms with Gasteiger partial charge in [0.2, 0.25) is 5.91 Å². The van der Waals surface area contributed by atoms with E-state index >= 15 is 0 Å². The Morgan fingerprint density at radius 3 is 2.47 bits per heavy atom. The first-order valence-electron chi connectivity index (χ1n) is 13.6. The Labute approximate surface area is 205 Å². The lowest BCUT2D eigenvalue weighted by Crippen LogP contribution is -2.48. The zero-order valence-electron chi connectivity index (χ0n) is 21.1. The molecule has 5 nitrogen and oxygen atoms in total. The molecule has 3 aliphatic rings. The van der Waals surface area contributed by atoms with Crippen LogP contribution in [0, 0.1) is 17.8 Å². The largest absolute Gasteiger partial charge is 0.342 e. The van der Waals surface area contributed by atoms with E-state index < -0.39 is 6.04 Å². The van der Waals surface area contributed by atoms with Gasteiger partial charge in [0.15, 0.2) is 5.78 Å². The number of nitrogens with one attached hydrogen (secondary N) is 1. The highest BCUT2D eigenvalue weighted by Crippen LogP contribution is 2.34. The number of rotatable bonds is 9. The zero-order valence-corrected chi connectivity index (χ0v) is 21.1. The number of likely N-dealkylation sites (tertiary alicyclic amines) is 1. The molecule has 0 aromatic heterocycles. The van der Waals surface area contributed by atoms with Crippen LogP contribution in [0.15, 0.2) is 24.3 Å². The monoisotopic (exact) mass is 466 g/mol. The average molecular weight is 467 g/mol. The number of benzene rings is 1. The summed E-state index contributed by atoms with van der Waals surface area (Å²) in [4.78, 5) is 41.0. The minimum atomic E-state index is -0.397. The Kier molecular flexibility index (Phi) is 8.44. The number of hydrogen-bond acceptors (Lipinski definition) is 3. The van der Waals surface area contributed by atoms with Gasteiger partial charge in [-0.2, -0.15) is 0 Å². The number of ketones is 1. The van der Waals surface area contributed by atoms with Crippen molar-refractivity contribution in [2.24, 2.45) is 17.8 Å². The molecular weight excluding hydrogens is 424 g/mol. The number of carbonyl (C=O) groups excluding carboxylic acids is 3. The molecular formula is C29H42N2O3. The molecule has 1 heterocycles. The van der Waals surface area contributed by atoms with Gasteiger partial charge in [-0.3, -0.25) is 14.4 Å². The maximum Gasteiger partial charge on any atom is 0.251 e. The van der Waals surface area contributed by atoms with Crippen molar-refractivity contribution < 1.29 is 14.4 Å². The van der Waals surface area contributed by atoms with Gasteiger partial charge in [0, 0.05) is 36.9 Å². The van der Waals surface area contributed by atoms with Gasteiger partial charge in [0.05, 0.1) is 6.04 Å². The molecule has 0 radical (unpaired) electrons. The van der Waals surface area contributed by atoms with Crippen LogP contribution in [-0.2, 0) is 9.59 Å². The van der Waals surface area contributed by atoms with Crippen molar-refractivity contribution in [1.29, 1.82) is 0 Å². The molecule has 1 aromatic rings. The molecule has 0 bridgehead atoms. The van der Waals surface area contributed by atoms with Crippen LogP contribution in [-0.4, -0.2) is 41.6 Å². The van der Waals surface area contributed by atoms with E-state index in [1.807, 2.05) is 36.9 Å². The lowest BCUT2D eigenvalue weighted by molar-refractivity contribution is -0.132. The summed E-state index contributed by atoms with van der Waals surface area (Å²) in [5, 5.41) is 3.12. The highest BCUT2D eigenvalue weighted by Gasteiger charge is 2.33. The van der Waals surface area contributed by atoms with Crippen molar-refractivity contribution in [1.82, 2.24) is 10.2 Å². The van der Waals surface area contributed by atoms with Crippen LogP contribution >= 0.6 is 0 Å². The zero-order chi connectivity index (χ0) is 24.1. The second-order valence-electron chi connectivity index (χ2n) is 11.2. The van der Waals surface area contributed by atoms with Crippen LogP contribution in [0.25, 0.3) is 0 Å². The van der Waals surface area contributed by atoms with Crippen molar-refractivity contribution in [3.8, 4) is 0 Å². The van der Waals surface area contributed by atoms with Gasteiger partial charge in [0.25, 0.3) is 5.91 Å². The molecule has 0 spiro atoms. The molecule has 1 N–H and O–H groups in total. The third kappa shape index (κ3) is 6.49. The first-order valence-corrected chi connectivity index (χ1v) is 13.6. The molecule has 1 saturated heterocycles. The Balaban J connectivity index is 1.41. The Morgan fingerprint density at radius 1 is 1.00 bits per heavy atom. The number of nitrogens with zero attached hydrogens (tertiary/aromatic N) is 1. The van der Waals surface area contributed by atoms with Crippen LogP contribution < -0.4 is 5.32 Å². The second kappa shape index (κ2) is 11.5. The molecule has 5 heteroatoms. The minimum absolute atomic E-state index is 0.0933. The van der Waals surface area contributed by atoms with Crippen molar-refractivity contribution in [3.63, 3.8) is 0 Å². The fourth-order valence-corrected chi connectivity index (χ4v) is 5.77. The summed E-state index contributed by atoms with van der Waals surface area (Å²) in [6.45, 7) is 5.43. The van der Waals surface area contributed by atoms with E-state index in [2.05, 4.69) is 11.4 Å². The maximum atomic E-state index is 13.3. The van der Waals surface area contributed by atoms with E-state index in [-0.39, 0.29) is 35.4 Å². The highest BCUT2D eigenvalue weighted by atomic mass is 16.2. The van der Waals surface area contributed by atoms with Gasteiger partial charge in [-0.25, -0.2) is 0 Å². The normalized spacial score (nSPS) is 22.4. The van der Waals surface area contributed by atoms with Crippen LogP contribution in [0.4, 0.5) is 0 Å². The van der Waals surface area contributed by atoms with Gasteiger partial charge in [0.1, 0.15) is 0 Å². The second-order valence-corrected chi connectivity index (χ2v) is 11.2. The van der Waals surface area contributed by atoms with E-state index in [4.69, 9.17) is 0 Å². The van der Waals surface area contributed by atoms with Crippen molar-refractivity contribution in [2.45, 2.75) is 96.4 Å². The first kappa shape index (κ1) is 24.9. The Bertz CT molecular complexity index is 870. The lowest BCUT2D eigenvalue weighted by atomic mass is 9.80. The van der Waals surface area contributed by atoms with Gasteiger partial charge in [-0.05, 0) is 61.6 Å². The van der Waals surface area contributed by atoms with E-state index in [9.17, 15) is 14.4 Å². The molecule has 2 atom stereocenters. The highest BCUT2D eigenvalue weighted by molar-refractivity contribution is 5.98. The van der Waals surface area contributed by atoms with E-state index in [1.165, 1.54) is 19.3 Å². The molecule has 4 rings (SSSR count). The van der Waals surface area contributed by atoms with Gasteiger partial charge in [-0.1, -0.05) is 58.1 Å². The number of Topliss-reactive ketones (excluding diaryl/α,β-unsaturated/α-hetero) is 1. The van der Waals surface area contributed by atoms with Gasteiger partial charge in [-0.15, -0.1) is 0 Å². The Hall–Kier alpha value is -2.17. The molecule has 2 aliphatic carbocycles. The van der Waals surface area contributed by atoms with Crippen molar-refractivity contribution in [2.75, 3.05) is 13.1 Å². The number of hydrogen-bond donors (Lipinski definition) is 1. The van der Waals surface area contributed by atoms with Crippen molar-refractivity contribution >= 4 is 17.6 Å². The quantitative estimate of drug-likeness (QED) is 0.523. The predicted molar refractivity (Wildman–Crippen MR) is 135 cm³/mol. The third-order valence-corrected chi connectivity index (χ3v) is 8.14. The van der Waals surface area contributed by atoms with Gasteiger partial charge >= 0.3 is 0 Å². The number of amides is 2. The SMILES string of the molecule is CC(C)C(=O)[C@H](NC(=O)c1cccc(C2CCCN(C(=O)CCC3CC3)C2)c1)C1CCCCC1. The lowest BCUT2D eigenvalue weighted by Gasteiger charge is -2.33. The summed E-state index contributed by atoms with van der Waals surface area (Å²) in [6.07, 6.45) is 11.8. The molecule has 1 aromatic carbocycles. The van der Waals surface area contributed by atoms with E-state index in [0.29, 0.717) is 12.0 Å². The topological polar surface area (TPSA) is 66.5 Å². The predicted octanol–water partition coefficient (Wildman–Crippen LogP) is 5.49. The summed E-state index contributed by atoms with van der Waals surface area (Å²) in [6, 6.07) is 7.45. The third-order valence-electron chi connectivity index (χ3n) is 8.14. The summed E-state index contributed by atoms with van der Waals surface area (Å²) in [7, 11) is 0. The fourth-order valence-electron chi connectivity index (χ4n) is 5.77. The molecule has 2 amide bonds. The summed E-state index contributed by atoms with van der Waals surface area (Å²) >= 11 is 0. The van der Waals surface area contributed by atoms with E-state index in [1.54, 1.807) is 0 Å². The summed E-state index contributed by atoms with van der Waals surface area (Å²) < 4.78 is 0. The minimum Gasteiger partial charge on any atom is -0.342 e. The maximum absolute atomic E-state index is 13.3. The summed E-state index contributed by atoms with van der Waals surface area (Å²) in [5.41, 5.74) is 1.74. The van der Waals surface area contributed by atoms with Crippen LogP contribution in [0.5, 0.6) is 0 Å². The molecule has 2 saturated carbocycles. The molecule has 3 fully saturated rings.